The van der Waals surface area contributed by atoms with Crippen LogP contribution in [0.1, 0.15) is 48.1 Å². The molecule has 6 heteroatoms. The molecule has 28 heavy (non-hydrogen) atoms. The van der Waals surface area contributed by atoms with Gasteiger partial charge in [0.05, 0.1) is 31.3 Å². The lowest BCUT2D eigenvalue weighted by atomic mass is 10.0. The van der Waals surface area contributed by atoms with Crippen LogP contribution >= 0.6 is 15.9 Å². The fraction of sp³-hybridized carbons (Fsp3) is 0.409. The summed E-state index contributed by atoms with van der Waals surface area (Å²) in [5.74, 6) is 2.01. The van der Waals surface area contributed by atoms with Crippen molar-refractivity contribution in [2.75, 3.05) is 27.4 Å². The van der Waals surface area contributed by atoms with Crippen molar-refractivity contribution in [3.63, 3.8) is 0 Å². The SMILES string of the molecule is CCCOc1c(Br)cc(C(=O)N2CCCC2c2ccc(OC)cc2)cc1OC. The number of carbonyl (C=O) groups excluding carboxylic acids is 1. The minimum Gasteiger partial charge on any atom is -0.497 e. The first-order valence-electron chi connectivity index (χ1n) is 9.54. The van der Waals surface area contributed by atoms with Crippen LogP contribution in [0.2, 0.25) is 0 Å². The predicted octanol–water partition coefficient (Wildman–Crippen LogP) is 5.23. The van der Waals surface area contributed by atoms with Gasteiger partial charge in [-0.1, -0.05) is 19.1 Å². The molecule has 0 radical (unpaired) electrons. The third kappa shape index (κ3) is 4.27. The van der Waals surface area contributed by atoms with E-state index in [-0.39, 0.29) is 11.9 Å². The molecule has 0 N–H and O–H groups in total. The molecular formula is C22H26BrNO4. The van der Waals surface area contributed by atoms with Crippen LogP contribution in [0.15, 0.2) is 40.9 Å². The van der Waals surface area contributed by atoms with Gasteiger partial charge in [-0.05, 0) is 65.0 Å². The van der Waals surface area contributed by atoms with Crippen molar-refractivity contribution in [2.45, 2.75) is 32.2 Å². The minimum atomic E-state index is -0.000593. The largest absolute Gasteiger partial charge is 0.497 e. The van der Waals surface area contributed by atoms with Crippen molar-refractivity contribution in [3.8, 4) is 17.2 Å². The lowest BCUT2D eigenvalue weighted by molar-refractivity contribution is 0.0735. The summed E-state index contributed by atoms with van der Waals surface area (Å²) in [6.45, 7) is 3.38. The standard InChI is InChI=1S/C22H26BrNO4/c1-4-12-28-21-18(23)13-16(14-20(21)27-3)22(25)24-11-5-6-19(24)15-7-9-17(26-2)10-8-15/h7-10,13-14,19H,4-6,11-12H2,1-3H3. The summed E-state index contributed by atoms with van der Waals surface area (Å²) in [4.78, 5) is 15.2. The fourth-order valence-corrected chi connectivity index (χ4v) is 4.09. The Morgan fingerprint density at radius 3 is 2.57 bits per heavy atom. The number of ether oxygens (including phenoxy) is 3. The highest BCUT2D eigenvalue weighted by Gasteiger charge is 2.31. The zero-order valence-electron chi connectivity index (χ0n) is 16.5. The average Bonchev–Trinajstić information content (AvgIpc) is 3.21. The summed E-state index contributed by atoms with van der Waals surface area (Å²) in [5.41, 5.74) is 1.72. The molecule has 1 unspecified atom stereocenters. The van der Waals surface area contributed by atoms with E-state index in [1.807, 2.05) is 42.2 Å². The van der Waals surface area contributed by atoms with E-state index in [0.717, 1.165) is 41.6 Å². The van der Waals surface area contributed by atoms with E-state index < -0.39 is 0 Å². The molecule has 2 aromatic carbocycles. The van der Waals surface area contributed by atoms with Crippen LogP contribution in [-0.4, -0.2) is 38.2 Å². The van der Waals surface area contributed by atoms with Gasteiger partial charge in [0.25, 0.3) is 5.91 Å². The van der Waals surface area contributed by atoms with E-state index in [1.54, 1.807) is 20.3 Å². The highest BCUT2D eigenvalue weighted by molar-refractivity contribution is 9.10. The quantitative estimate of drug-likeness (QED) is 0.582. The van der Waals surface area contributed by atoms with E-state index >= 15 is 0 Å². The van der Waals surface area contributed by atoms with Gasteiger partial charge >= 0.3 is 0 Å². The summed E-state index contributed by atoms with van der Waals surface area (Å²) >= 11 is 3.53. The Balaban J connectivity index is 1.86. The zero-order chi connectivity index (χ0) is 20.1. The van der Waals surface area contributed by atoms with Crippen molar-refractivity contribution < 1.29 is 19.0 Å². The van der Waals surface area contributed by atoms with Crippen molar-refractivity contribution in [2.24, 2.45) is 0 Å². The Kier molecular flexibility index (Phi) is 6.83. The molecule has 0 aliphatic carbocycles. The Hall–Kier alpha value is -2.21. The second-order valence-corrected chi connectivity index (χ2v) is 7.62. The van der Waals surface area contributed by atoms with E-state index in [4.69, 9.17) is 14.2 Å². The molecule has 5 nitrogen and oxygen atoms in total. The van der Waals surface area contributed by atoms with Crippen LogP contribution in [0.25, 0.3) is 0 Å². The molecule has 0 bridgehead atoms. The highest BCUT2D eigenvalue weighted by Crippen LogP contribution is 2.39. The lowest BCUT2D eigenvalue weighted by Gasteiger charge is -2.26. The molecule has 1 atom stereocenters. The number of benzene rings is 2. The number of likely N-dealkylation sites (tertiary alicyclic amines) is 1. The van der Waals surface area contributed by atoms with Crippen LogP contribution in [0.4, 0.5) is 0 Å². The molecular weight excluding hydrogens is 422 g/mol. The maximum absolute atomic E-state index is 13.3. The average molecular weight is 448 g/mol. The normalized spacial score (nSPS) is 16.1. The van der Waals surface area contributed by atoms with E-state index in [9.17, 15) is 4.79 Å². The Labute approximate surface area is 174 Å². The first kappa shape index (κ1) is 20.5. The van der Waals surface area contributed by atoms with Crippen molar-refractivity contribution in [3.05, 3.63) is 52.0 Å². The Morgan fingerprint density at radius 1 is 1.18 bits per heavy atom. The summed E-state index contributed by atoms with van der Waals surface area (Å²) in [6.07, 6.45) is 2.83. The van der Waals surface area contributed by atoms with Gasteiger partial charge in [-0.3, -0.25) is 4.79 Å². The number of amides is 1. The maximum atomic E-state index is 13.3. The zero-order valence-corrected chi connectivity index (χ0v) is 18.1. The van der Waals surface area contributed by atoms with E-state index in [1.165, 1.54) is 0 Å². The maximum Gasteiger partial charge on any atom is 0.254 e. The molecule has 150 valence electrons. The van der Waals surface area contributed by atoms with Gasteiger partial charge in [0, 0.05) is 12.1 Å². The number of carbonyl (C=O) groups is 1. The number of methoxy groups -OCH3 is 2. The molecule has 0 saturated carbocycles. The van der Waals surface area contributed by atoms with Crippen molar-refractivity contribution in [1.29, 1.82) is 0 Å². The summed E-state index contributed by atoms with van der Waals surface area (Å²) in [6, 6.07) is 11.6. The molecule has 1 heterocycles. The lowest BCUT2D eigenvalue weighted by Crippen LogP contribution is -2.30. The van der Waals surface area contributed by atoms with Crippen LogP contribution < -0.4 is 14.2 Å². The fourth-order valence-electron chi connectivity index (χ4n) is 3.54. The van der Waals surface area contributed by atoms with Gasteiger partial charge in [0.1, 0.15) is 5.75 Å². The van der Waals surface area contributed by atoms with Crippen LogP contribution in [-0.2, 0) is 0 Å². The molecule has 3 rings (SSSR count). The van der Waals surface area contributed by atoms with Crippen molar-refractivity contribution in [1.82, 2.24) is 4.90 Å². The Morgan fingerprint density at radius 2 is 1.93 bits per heavy atom. The minimum absolute atomic E-state index is 0.000593. The van der Waals surface area contributed by atoms with Crippen molar-refractivity contribution >= 4 is 21.8 Å². The molecule has 1 saturated heterocycles. The molecule has 0 spiro atoms. The molecule has 2 aromatic rings. The second kappa shape index (κ2) is 9.32. The smallest absolute Gasteiger partial charge is 0.254 e. The number of hydrogen-bond donors (Lipinski definition) is 0. The Bertz CT molecular complexity index is 822. The van der Waals surface area contributed by atoms with Gasteiger partial charge < -0.3 is 19.1 Å². The van der Waals surface area contributed by atoms with Gasteiger partial charge in [0.15, 0.2) is 11.5 Å². The summed E-state index contributed by atoms with van der Waals surface area (Å²) in [5, 5.41) is 0. The van der Waals surface area contributed by atoms with Gasteiger partial charge in [-0.15, -0.1) is 0 Å². The molecule has 1 amide bonds. The van der Waals surface area contributed by atoms with Crippen LogP contribution in [0, 0.1) is 0 Å². The highest BCUT2D eigenvalue weighted by atomic mass is 79.9. The number of nitrogens with zero attached hydrogens (tertiary/aromatic N) is 1. The molecule has 0 aromatic heterocycles. The summed E-state index contributed by atoms with van der Waals surface area (Å²) in [7, 11) is 3.24. The second-order valence-electron chi connectivity index (χ2n) is 6.77. The first-order valence-corrected chi connectivity index (χ1v) is 10.3. The van der Waals surface area contributed by atoms with Crippen LogP contribution in [0.3, 0.4) is 0 Å². The molecule has 1 aliphatic heterocycles. The third-order valence-electron chi connectivity index (χ3n) is 4.94. The first-order chi connectivity index (χ1) is 13.6. The molecule has 1 aliphatic rings. The third-order valence-corrected chi connectivity index (χ3v) is 5.53. The topological polar surface area (TPSA) is 48.0 Å². The summed E-state index contributed by atoms with van der Waals surface area (Å²) < 4.78 is 17.2. The van der Waals surface area contributed by atoms with E-state index in [0.29, 0.717) is 23.7 Å². The monoisotopic (exact) mass is 447 g/mol. The van der Waals surface area contributed by atoms with Gasteiger partial charge in [0.2, 0.25) is 0 Å². The number of hydrogen-bond acceptors (Lipinski definition) is 4. The van der Waals surface area contributed by atoms with Gasteiger partial charge in [-0.25, -0.2) is 0 Å². The van der Waals surface area contributed by atoms with Crippen LogP contribution in [0.5, 0.6) is 17.2 Å². The number of rotatable bonds is 7. The van der Waals surface area contributed by atoms with Gasteiger partial charge in [-0.2, -0.15) is 0 Å². The van der Waals surface area contributed by atoms with E-state index in [2.05, 4.69) is 15.9 Å². The number of halogens is 1. The predicted molar refractivity (Wildman–Crippen MR) is 112 cm³/mol. The molecule has 1 fully saturated rings.